The number of carbonyl (C=O) groups is 2. The van der Waals surface area contributed by atoms with Gasteiger partial charge in [0, 0.05) is 12.8 Å². The van der Waals surface area contributed by atoms with E-state index in [9.17, 15) is 9.59 Å². The number of carbonyl (C=O) groups excluding carboxylic acids is 1. The SMILES string of the molecule is CCCCCC/C=C\C/C=C\CCCCCCCCCC(=O)OC(/C=C\CCCCCCCCC)CCCCCCC(=O)O. The minimum atomic E-state index is -0.722. The van der Waals surface area contributed by atoms with Crippen LogP contribution in [-0.2, 0) is 14.3 Å². The van der Waals surface area contributed by atoms with Crippen molar-refractivity contribution in [3.63, 3.8) is 0 Å². The Hall–Kier alpha value is -1.84. The smallest absolute Gasteiger partial charge is 0.306 e. The first-order chi connectivity index (χ1) is 21.6. The molecule has 0 bridgehead atoms. The minimum absolute atomic E-state index is 0.0698. The van der Waals surface area contributed by atoms with Crippen LogP contribution in [0.1, 0.15) is 200 Å². The lowest BCUT2D eigenvalue weighted by molar-refractivity contribution is -0.147. The van der Waals surface area contributed by atoms with Crippen LogP contribution in [0.3, 0.4) is 0 Å². The largest absolute Gasteiger partial charge is 0.481 e. The fourth-order valence-corrected chi connectivity index (χ4v) is 5.48. The second-order valence-corrected chi connectivity index (χ2v) is 12.8. The summed E-state index contributed by atoms with van der Waals surface area (Å²) >= 11 is 0. The Morgan fingerprint density at radius 2 is 0.955 bits per heavy atom. The van der Waals surface area contributed by atoms with Gasteiger partial charge in [0.2, 0.25) is 0 Å². The van der Waals surface area contributed by atoms with Crippen molar-refractivity contribution >= 4 is 11.9 Å². The molecule has 0 aliphatic rings. The molecule has 256 valence electrons. The topological polar surface area (TPSA) is 63.6 Å². The molecule has 0 aromatic carbocycles. The van der Waals surface area contributed by atoms with Crippen LogP contribution in [0.25, 0.3) is 0 Å². The molecule has 1 atom stereocenters. The van der Waals surface area contributed by atoms with E-state index in [1.54, 1.807) is 0 Å². The summed E-state index contributed by atoms with van der Waals surface area (Å²) in [6, 6.07) is 0. The molecule has 0 aliphatic heterocycles. The number of aliphatic carboxylic acids is 1. The highest BCUT2D eigenvalue weighted by Gasteiger charge is 2.11. The van der Waals surface area contributed by atoms with Gasteiger partial charge in [-0.2, -0.15) is 0 Å². The normalized spacial score (nSPS) is 12.6. The van der Waals surface area contributed by atoms with Crippen molar-refractivity contribution in [2.75, 3.05) is 0 Å². The molecule has 0 aromatic heterocycles. The standard InChI is InChI=1S/C40H72O4/c1-3-5-7-9-11-13-14-15-16-17-18-19-20-21-23-25-27-33-37-40(43)44-38(35-31-28-29-32-36-39(41)42)34-30-26-24-22-12-10-8-6-4-2/h13-14,16-17,30,34,38H,3-12,15,18-29,31-33,35-37H2,1-2H3,(H,41,42)/b14-13-,17-16-,34-30-. The van der Waals surface area contributed by atoms with Crippen LogP contribution in [0.15, 0.2) is 36.5 Å². The van der Waals surface area contributed by atoms with Crippen LogP contribution in [0.2, 0.25) is 0 Å². The van der Waals surface area contributed by atoms with Crippen LogP contribution in [0.4, 0.5) is 0 Å². The molecule has 4 nitrogen and oxygen atoms in total. The van der Waals surface area contributed by atoms with Gasteiger partial charge in [-0.05, 0) is 76.7 Å². The van der Waals surface area contributed by atoms with Crippen LogP contribution < -0.4 is 0 Å². The summed E-state index contributed by atoms with van der Waals surface area (Å²) in [5.74, 6) is -0.792. The molecule has 1 N–H and O–H groups in total. The number of carboxylic acid groups (broad SMARTS) is 1. The first-order valence-electron chi connectivity index (χ1n) is 19.0. The van der Waals surface area contributed by atoms with Crippen LogP contribution >= 0.6 is 0 Å². The number of hydrogen-bond acceptors (Lipinski definition) is 3. The van der Waals surface area contributed by atoms with Gasteiger partial charge in [-0.25, -0.2) is 0 Å². The van der Waals surface area contributed by atoms with Gasteiger partial charge >= 0.3 is 11.9 Å². The van der Waals surface area contributed by atoms with Crippen molar-refractivity contribution in [2.45, 2.75) is 206 Å². The fourth-order valence-electron chi connectivity index (χ4n) is 5.48. The predicted octanol–water partition coefficient (Wildman–Crippen LogP) is 13.0. The van der Waals surface area contributed by atoms with Crippen molar-refractivity contribution in [3.05, 3.63) is 36.5 Å². The minimum Gasteiger partial charge on any atom is -0.481 e. The Balaban J connectivity index is 3.99. The zero-order chi connectivity index (χ0) is 32.2. The van der Waals surface area contributed by atoms with Crippen LogP contribution in [0.5, 0.6) is 0 Å². The molecule has 0 fully saturated rings. The van der Waals surface area contributed by atoms with Gasteiger partial charge in [0.1, 0.15) is 6.10 Å². The monoisotopic (exact) mass is 617 g/mol. The molecule has 0 saturated heterocycles. The lowest BCUT2D eigenvalue weighted by Crippen LogP contribution is -2.16. The Labute approximate surface area is 273 Å². The summed E-state index contributed by atoms with van der Waals surface area (Å²) in [4.78, 5) is 23.3. The van der Waals surface area contributed by atoms with E-state index in [2.05, 4.69) is 50.3 Å². The Kier molecular flexibility index (Phi) is 34.1. The third-order valence-electron chi connectivity index (χ3n) is 8.32. The van der Waals surface area contributed by atoms with Gasteiger partial charge in [-0.3, -0.25) is 9.59 Å². The summed E-state index contributed by atoms with van der Waals surface area (Å²) in [7, 11) is 0. The van der Waals surface area contributed by atoms with E-state index in [1.165, 1.54) is 116 Å². The highest BCUT2D eigenvalue weighted by Crippen LogP contribution is 2.15. The molecule has 4 heteroatoms. The fraction of sp³-hybridized carbons (Fsp3) is 0.800. The van der Waals surface area contributed by atoms with E-state index in [4.69, 9.17) is 9.84 Å². The van der Waals surface area contributed by atoms with Crippen molar-refractivity contribution < 1.29 is 19.4 Å². The summed E-state index contributed by atoms with van der Waals surface area (Å²) in [6.07, 6.45) is 46.0. The first kappa shape index (κ1) is 42.2. The van der Waals surface area contributed by atoms with Crippen LogP contribution in [0, 0.1) is 0 Å². The van der Waals surface area contributed by atoms with Gasteiger partial charge in [-0.1, -0.05) is 147 Å². The predicted molar refractivity (Wildman–Crippen MR) is 190 cm³/mol. The summed E-state index contributed by atoms with van der Waals surface area (Å²) in [5, 5.41) is 8.82. The molecule has 0 amide bonds. The zero-order valence-corrected chi connectivity index (χ0v) is 29.2. The third-order valence-corrected chi connectivity index (χ3v) is 8.32. The maximum atomic E-state index is 12.6. The molecule has 0 rings (SSSR count). The Morgan fingerprint density at radius 3 is 1.50 bits per heavy atom. The second kappa shape index (κ2) is 35.6. The van der Waals surface area contributed by atoms with Gasteiger partial charge in [-0.15, -0.1) is 0 Å². The summed E-state index contributed by atoms with van der Waals surface area (Å²) < 4.78 is 5.87. The van der Waals surface area contributed by atoms with Crippen molar-refractivity contribution in [1.82, 2.24) is 0 Å². The highest BCUT2D eigenvalue weighted by atomic mass is 16.5. The molecular formula is C40H72O4. The second-order valence-electron chi connectivity index (χ2n) is 12.8. The molecule has 44 heavy (non-hydrogen) atoms. The maximum Gasteiger partial charge on any atom is 0.306 e. The van der Waals surface area contributed by atoms with Crippen LogP contribution in [-0.4, -0.2) is 23.1 Å². The van der Waals surface area contributed by atoms with Gasteiger partial charge in [0.15, 0.2) is 0 Å². The quantitative estimate of drug-likeness (QED) is 0.0444. The molecule has 0 spiro atoms. The Bertz CT molecular complexity index is 708. The van der Waals surface area contributed by atoms with E-state index in [-0.39, 0.29) is 18.5 Å². The zero-order valence-electron chi connectivity index (χ0n) is 29.2. The number of esters is 1. The lowest BCUT2D eigenvalue weighted by atomic mass is 10.1. The number of allylic oxidation sites excluding steroid dienone is 5. The molecule has 0 aliphatic carbocycles. The Morgan fingerprint density at radius 1 is 0.523 bits per heavy atom. The van der Waals surface area contributed by atoms with Gasteiger partial charge < -0.3 is 9.84 Å². The number of rotatable bonds is 34. The summed E-state index contributed by atoms with van der Waals surface area (Å²) in [5.41, 5.74) is 0. The summed E-state index contributed by atoms with van der Waals surface area (Å²) in [6.45, 7) is 4.51. The third kappa shape index (κ3) is 34.6. The number of ether oxygens (including phenoxy) is 1. The molecule has 0 aromatic rings. The van der Waals surface area contributed by atoms with E-state index in [1.807, 2.05) is 0 Å². The number of hydrogen-bond donors (Lipinski definition) is 1. The van der Waals surface area contributed by atoms with E-state index < -0.39 is 5.97 Å². The lowest BCUT2D eigenvalue weighted by Gasteiger charge is -2.15. The average Bonchev–Trinajstić information content (AvgIpc) is 3.01. The molecule has 1 unspecified atom stereocenters. The van der Waals surface area contributed by atoms with E-state index in [0.717, 1.165) is 57.8 Å². The van der Waals surface area contributed by atoms with Gasteiger partial charge in [0.25, 0.3) is 0 Å². The molecular weight excluding hydrogens is 544 g/mol. The van der Waals surface area contributed by atoms with E-state index in [0.29, 0.717) is 6.42 Å². The van der Waals surface area contributed by atoms with Crippen molar-refractivity contribution in [1.29, 1.82) is 0 Å². The van der Waals surface area contributed by atoms with Crippen molar-refractivity contribution in [3.8, 4) is 0 Å². The van der Waals surface area contributed by atoms with E-state index >= 15 is 0 Å². The first-order valence-corrected chi connectivity index (χ1v) is 19.0. The highest BCUT2D eigenvalue weighted by molar-refractivity contribution is 5.69. The molecule has 0 saturated carbocycles. The van der Waals surface area contributed by atoms with Gasteiger partial charge in [0.05, 0.1) is 0 Å². The average molecular weight is 617 g/mol. The maximum absolute atomic E-state index is 12.6. The molecule has 0 radical (unpaired) electrons. The van der Waals surface area contributed by atoms with Crippen molar-refractivity contribution in [2.24, 2.45) is 0 Å². The number of unbranched alkanes of at least 4 members (excludes halogenated alkanes) is 21. The number of carboxylic acids is 1. The molecule has 0 heterocycles.